The van der Waals surface area contributed by atoms with E-state index in [2.05, 4.69) is 10.2 Å². The highest BCUT2D eigenvalue weighted by Crippen LogP contribution is 2.29. The summed E-state index contributed by atoms with van der Waals surface area (Å²) < 4.78 is 18.9. The van der Waals surface area contributed by atoms with Gasteiger partial charge in [0.2, 0.25) is 11.8 Å². The van der Waals surface area contributed by atoms with Gasteiger partial charge in [-0.1, -0.05) is 18.6 Å². The van der Waals surface area contributed by atoms with Gasteiger partial charge in [0.25, 0.3) is 0 Å². The van der Waals surface area contributed by atoms with Gasteiger partial charge in [-0.2, -0.15) is 0 Å². The van der Waals surface area contributed by atoms with Crippen LogP contribution in [-0.4, -0.2) is 72.6 Å². The van der Waals surface area contributed by atoms with Gasteiger partial charge in [-0.25, -0.2) is 4.39 Å². The molecule has 1 aromatic carbocycles. The topological polar surface area (TPSA) is 61.9 Å². The lowest BCUT2D eigenvalue weighted by Crippen LogP contribution is -2.57. The van der Waals surface area contributed by atoms with Crippen LogP contribution in [0, 0.1) is 5.82 Å². The first-order chi connectivity index (χ1) is 14.1. The fourth-order valence-corrected chi connectivity index (χ4v) is 4.56. The minimum atomic E-state index is -0.344. The van der Waals surface area contributed by atoms with Crippen molar-refractivity contribution in [2.45, 2.75) is 56.7 Å². The van der Waals surface area contributed by atoms with E-state index in [-0.39, 0.29) is 42.8 Å². The Balaban J connectivity index is 1.23. The third-order valence-electron chi connectivity index (χ3n) is 6.47. The molecule has 2 aliphatic heterocycles. The molecule has 1 aromatic rings. The highest BCUT2D eigenvalue weighted by molar-refractivity contribution is 5.79. The van der Waals surface area contributed by atoms with Crippen molar-refractivity contribution in [1.29, 1.82) is 0 Å². The van der Waals surface area contributed by atoms with Crippen LogP contribution in [0.25, 0.3) is 0 Å². The van der Waals surface area contributed by atoms with Crippen LogP contribution >= 0.6 is 0 Å². The molecule has 2 amide bonds. The van der Waals surface area contributed by atoms with E-state index in [1.54, 1.807) is 12.1 Å². The Bertz CT molecular complexity index is 732. The first-order valence-corrected chi connectivity index (χ1v) is 10.7. The van der Waals surface area contributed by atoms with Gasteiger partial charge >= 0.3 is 0 Å². The number of halogens is 1. The monoisotopic (exact) mass is 403 g/mol. The summed E-state index contributed by atoms with van der Waals surface area (Å²) in [6.45, 7) is 3.09. The largest absolute Gasteiger partial charge is 0.365 e. The minimum absolute atomic E-state index is 0.0504. The van der Waals surface area contributed by atoms with Crippen molar-refractivity contribution in [2.75, 3.05) is 32.8 Å². The smallest absolute Gasteiger partial charge is 0.248 e. The number of likely N-dealkylation sites (tertiary alicyclic amines) is 1. The number of nitrogens with one attached hydrogen (secondary N) is 1. The second-order valence-electron chi connectivity index (χ2n) is 8.44. The average Bonchev–Trinajstić information content (AvgIpc) is 2.67. The summed E-state index contributed by atoms with van der Waals surface area (Å²) in [5.41, 5.74) is 0.641. The quantitative estimate of drug-likeness (QED) is 0.786. The lowest BCUT2D eigenvalue weighted by atomic mass is 9.89. The molecular formula is C22H30FN3O3. The molecule has 0 aromatic heterocycles. The van der Waals surface area contributed by atoms with Crippen molar-refractivity contribution < 1.29 is 18.7 Å². The molecule has 3 fully saturated rings. The Labute approximate surface area is 171 Å². The molecular weight excluding hydrogens is 373 g/mol. The van der Waals surface area contributed by atoms with E-state index in [1.165, 1.54) is 31.4 Å². The molecule has 1 aliphatic carbocycles. The third-order valence-corrected chi connectivity index (χ3v) is 6.47. The van der Waals surface area contributed by atoms with Crippen molar-refractivity contribution in [3.63, 3.8) is 0 Å². The third kappa shape index (κ3) is 5.14. The molecule has 2 heterocycles. The van der Waals surface area contributed by atoms with E-state index in [0.717, 1.165) is 32.0 Å². The van der Waals surface area contributed by atoms with Gasteiger partial charge in [0.05, 0.1) is 12.5 Å². The standard InChI is InChI=1S/C22H30FN3O3/c23-17-4-1-3-16(11-17)12-21(27)24-13-20-14-26(22(28)15-29-20)19-7-9-25(10-8-19)18-5-2-6-18/h1,3-4,11,18-20H,2,5-10,12-15H2,(H,24,27)/t20-/m0/s1. The Morgan fingerprint density at radius 2 is 1.97 bits per heavy atom. The van der Waals surface area contributed by atoms with Crippen molar-refractivity contribution in [1.82, 2.24) is 15.1 Å². The number of piperidine rings is 1. The maximum atomic E-state index is 13.3. The van der Waals surface area contributed by atoms with Crippen molar-refractivity contribution in [3.05, 3.63) is 35.6 Å². The summed E-state index contributed by atoms with van der Waals surface area (Å²) in [5, 5.41) is 2.86. The second kappa shape index (κ2) is 9.22. The lowest BCUT2D eigenvalue weighted by Gasteiger charge is -2.45. The van der Waals surface area contributed by atoms with Crippen molar-refractivity contribution >= 4 is 11.8 Å². The predicted octanol–water partition coefficient (Wildman–Crippen LogP) is 1.73. The van der Waals surface area contributed by atoms with Gasteiger partial charge in [0.1, 0.15) is 12.4 Å². The number of carbonyl (C=O) groups excluding carboxylic acids is 2. The average molecular weight is 403 g/mol. The zero-order chi connectivity index (χ0) is 20.2. The number of morpholine rings is 1. The maximum Gasteiger partial charge on any atom is 0.248 e. The summed E-state index contributed by atoms with van der Waals surface area (Å²) in [7, 11) is 0. The predicted molar refractivity (Wildman–Crippen MR) is 107 cm³/mol. The summed E-state index contributed by atoms with van der Waals surface area (Å²) >= 11 is 0. The molecule has 0 unspecified atom stereocenters. The molecule has 0 radical (unpaired) electrons. The number of hydrogen-bond donors (Lipinski definition) is 1. The molecule has 7 heteroatoms. The molecule has 0 bridgehead atoms. The van der Waals surface area contributed by atoms with Crippen LogP contribution < -0.4 is 5.32 Å². The zero-order valence-electron chi connectivity index (χ0n) is 16.8. The Morgan fingerprint density at radius 3 is 2.66 bits per heavy atom. The fraction of sp³-hybridized carbons (Fsp3) is 0.636. The fourth-order valence-electron chi connectivity index (χ4n) is 4.56. The number of hydrogen-bond acceptors (Lipinski definition) is 4. The molecule has 29 heavy (non-hydrogen) atoms. The summed E-state index contributed by atoms with van der Waals surface area (Å²) in [4.78, 5) is 29.1. The van der Waals surface area contributed by atoms with E-state index in [1.807, 2.05) is 4.90 Å². The van der Waals surface area contributed by atoms with Crippen LogP contribution in [0.1, 0.15) is 37.7 Å². The van der Waals surface area contributed by atoms with Crippen molar-refractivity contribution in [3.8, 4) is 0 Å². The van der Waals surface area contributed by atoms with Crippen LogP contribution in [0.2, 0.25) is 0 Å². The Morgan fingerprint density at radius 1 is 1.17 bits per heavy atom. The van der Waals surface area contributed by atoms with Gasteiger partial charge < -0.3 is 19.9 Å². The minimum Gasteiger partial charge on any atom is -0.365 e. The molecule has 1 atom stereocenters. The van der Waals surface area contributed by atoms with Gasteiger partial charge in [0, 0.05) is 38.3 Å². The van der Waals surface area contributed by atoms with Crippen LogP contribution in [0.3, 0.4) is 0 Å². The van der Waals surface area contributed by atoms with Gasteiger partial charge in [0.15, 0.2) is 0 Å². The molecule has 3 aliphatic rings. The summed E-state index contributed by atoms with van der Waals surface area (Å²) in [5.74, 6) is -0.464. The summed E-state index contributed by atoms with van der Waals surface area (Å²) in [6.07, 6.45) is 5.94. The number of benzene rings is 1. The highest BCUT2D eigenvalue weighted by Gasteiger charge is 2.35. The van der Waals surface area contributed by atoms with E-state index in [4.69, 9.17) is 4.74 Å². The second-order valence-corrected chi connectivity index (χ2v) is 8.44. The number of amides is 2. The van der Waals surface area contributed by atoms with Gasteiger partial charge in [-0.15, -0.1) is 0 Å². The van der Waals surface area contributed by atoms with E-state index in [9.17, 15) is 14.0 Å². The van der Waals surface area contributed by atoms with Crippen LogP contribution in [-0.2, 0) is 20.7 Å². The zero-order valence-corrected chi connectivity index (χ0v) is 16.8. The summed E-state index contributed by atoms with van der Waals surface area (Å²) in [6, 6.07) is 7.09. The van der Waals surface area contributed by atoms with Crippen LogP contribution in [0.5, 0.6) is 0 Å². The van der Waals surface area contributed by atoms with Crippen LogP contribution in [0.4, 0.5) is 4.39 Å². The number of carbonyl (C=O) groups is 2. The number of rotatable bonds is 6. The van der Waals surface area contributed by atoms with E-state index < -0.39 is 0 Å². The van der Waals surface area contributed by atoms with Gasteiger partial charge in [-0.3, -0.25) is 9.59 Å². The molecule has 0 spiro atoms. The van der Waals surface area contributed by atoms with E-state index in [0.29, 0.717) is 18.7 Å². The first kappa shape index (κ1) is 20.3. The molecule has 6 nitrogen and oxygen atoms in total. The maximum absolute atomic E-state index is 13.3. The normalized spacial score (nSPS) is 24.4. The van der Waals surface area contributed by atoms with Gasteiger partial charge in [-0.05, 0) is 43.4 Å². The van der Waals surface area contributed by atoms with Crippen molar-refractivity contribution in [2.24, 2.45) is 0 Å². The Kier molecular flexibility index (Phi) is 6.45. The molecule has 4 rings (SSSR count). The number of ether oxygens (including phenoxy) is 1. The lowest BCUT2D eigenvalue weighted by molar-refractivity contribution is -0.153. The molecule has 2 saturated heterocycles. The first-order valence-electron chi connectivity index (χ1n) is 10.7. The molecule has 158 valence electrons. The molecule has 1 N–H and O–H groups in total. The Hall–Kier alpha value is -1.99. The molecule has 1 saturated carbocycles. The SMILES string of the molecule is O=C(Cc1cccc(F)c1)NC[C@H]1CN(C2CCN(C3CCC3)CC2)C(=O)CO1. The highest BCUT2D eigenvalue weighted by atomic mass is 19.1. The van der Waals surface area contributed by atoms with E-state index >= 15 is 0 Å². The van der Waals surface area contributed by atoms with Crippen LogP contribution in [0.15, 0.2) is 24.3 Å². The number of nitrogens with zero attached hydrogens (tertiary/aromatic N) is 2.